The quantitative estimate of drug-likeness (QED) is 0.900. The molecule has 1 aliphatic heterocycles. The maximum absolute atomic E-state index is 12.8. The maximum atomic E-state index is 12.8. The van der Waals surface area contributed by atoms with Gasteiger partial charge in [-0.3, -0.25) is 0 Å². The maximum Gasteiger partial charge on any atom is 0.433 e. The van der Waals surface area contributed by atoms with Crippen LogP contribution in [0.25, 0.3) is 0 Å². The van der Waals surface area contributed by atoms with Crippen LogP contribution >= 0.6 is 0 Å². The molecule has 0 aliphatic carbocycles. The van der Waals surface area contributed by atoms with Crippen molar-refractivity contribution in [3.63, 3.8) is 0 Å². The van der Waals surface area contributed by atoms with Gasteiger partial charge in [0.15, 0.2) is 0 Å². The van der Waals surface area contributed by atoms with Crippen molar-refractivity contribution >= 4 is 5.82 Å². The zero-order valence-electron chi connectivity index (χ0n) is 13.6. The van der Waals surface area contributed by atoms with Crippen molar-refractivity contribution in [3.8, 4) is 0 Å². The van der Waals surface area contributed by atoms with Crippen LogP contribution in [0.2, 0.25) is 0 Å². The summed E-state index contributed by atoms with van der Waals surface area (Å²) in [6.07, 6.45) is -1.98. The fourth-order valence-corrected chi connectivity index (χ4v) is 3.30. The van der Waals surface area contributed by atoms with Crippen LogP contribution in [0.1, 0.15) is 25.0 Å². The molecule has 0 unspecified atom stereocenters. The van der Waals surface area contributed by atoms with Crippen LogP contribution in [0.4, 0.5) is 19.0 Å². The predicted molar refractivity (Wildman–Crippen MR) is 83.4 cm³/mol. The summed E-state index contributed by atoms with van der Waals surface area (Å²) >= 11 is 0. The van der Waals surface area contributed by atoms with Crippen molar-refractivity contribution in [2.45, 2.75) is 31.5 Å². The summed E-state index contributed by atoms with van der Waals surface area (Å²) in [5.41, 5.74) is -0.850. The average Bonchev–Trinajstić information content (AvgIpc) is 2.51. The van der Waals surface area contributed by atoms with E-state index in [1.54, 1.807) is 6.07 Å². The lowest BCUT2D eigenvalue weighted by atomic mass is 9.87. The second kappa shape index (κ2) is 7.49. The number of aliphatic hydroxyl groups is 1. The number of alkyl halides is 3. The van der Waals surface area contributed by atoms with Gasteiger partial charge in [0.25, 0.3) is 0 Å². The van der Waals surface area contributed by atoms with Crippen molar-refractivity contribution in [1.82, 2.24) is 9.88 Å². The molecule has 2 rings (SSSR count). The lowest BCUT2D eigenvalue weighted by molar-refractivity contribution is -0.141. The Morgan fingerprint density at radius 3 is 2.70 bits per heavy atom. The van der Waals surface area contributed by atoms with Crippen LogP contribution < -0.4 is 4.90 Å². The van der Waals surface area contributed by atoms with Crippen molar-refractivity contribution < 1.29 is 18.3 Å². The third-order valence-corrected chi connectivity index (χ3v) is 4.44. The van der Waals surface area contributed by atoms with Crippen LogP contribution in [0.3, 0.4) is 0 Å². The zero-order chi connectivity index (χ0) is 17.0. The van der Waals surface area contributed by atoms with Gasteiger partial charge in [0.05, 0.1) is 0 Å². The number of aliphatic hydroxyl groups excluding tert-OH is 1. The Bertz CT molecular complexity index is 508. The van der Waals surface area contributed by atoms with E-state index in [2.05, 4.69) is 9.88 Å². The topological polar surface area (TPSA) is 39.6 Å². The van der Waals surface area contributed by atoms with Crippen LogP contribution in [-0.4, -0.2) is 54.8 Å². The summed E-state index contributed by atoms with van der Waals surface area (Å²) in [5.74, 6) is 0.688. The van der Waals surface area contributed by atoms with Crippen molar-refractivity contribution in [1.29, 1.82) is 0 Å². The fraction of sp³-hybridized carbons (Fsp3) is 0.688. The highest BCUT2D eigenvalue weighted by atomic mass is 19.4. The molecule has 0 spiro atoms. The number of rotatable bonds is 5. The van der Waals surface area contributed by atoms with E-state index in [-0.39, 0.29) is 6.61 Å². The van der Waals surface area contributed by atoms with Gasteiger partial charge < -0.3 is 14.9 Å². The highest BCUT2D eigenvalue weighted by Crippen LogP contribution is 2.31. The number of halogens is 3. The van der Waals surface area contributed by atoms with Gasteiger partial charge in [0.1, 0.15) is 11.5 Å². The molecule has 1 aromatic rings. The van der Waals surface area contributed by atoms with Gasteiger partial charge >= 0.3 is 6.18 Å². The standard InChI is InChI=1S/C16H24F3N3O/c1-21(2)13-8-9-22(11-12(13)5-4-10-23)15-7-3-6-14(20-15)16(17,18)19/h3,6-7,12-13,23H,4-5,8-11H2,1-2H3/t12-,13+/m1/s1. The molecule has 4 nitrogen and oxygen atoms in total. The van der Waals surface area contributed by atoms with Gasteiger partial charge in [-0.05, 0) is 51.4 Å². The summed E-state index contributed by atoms with van der Waals surface area (Å²) in [7, 11) is 4.05. The molecule has 1 aromatic heterocycles. The number of nitrogens with zero attached hydrogens (tertiary/aromatic N) is 3. The second-order valence-corrected chi connectivity index (χ2v) is 6.27. The molecule has 2 heterocycles. The largest absolute Gasteiger partial charge is 0.433 e. The first-order chi connectivity index (χ1) is 10.8. The van der Waals surface area contributed by atoms with E-state index < -0.39 is 11.9 Å². The Balaban J connectivity index is 2.15. The normalized spacial score (nSPS) is 22.7. The van der Waals surface area contributed by atoms with Crippen LogP contribution in [0.15, 0.2) is 18.2 Å². The molecule has 7 heteroatoms. The molecule has 1 aliphatic rings. The minimum absolute atomic E-state index is 0.137. The molecule has 0 aromatic carbocycles. The summed E-state index contributed by atoms with van der Waals surface area (Å²) in [5, 5.41) is 9.07. The summed E-state index contributed by atoms with van der Waals surface area (Å²) in [6, 6.07) is 4.42. The zero-order valence-corrected chi connectivity index (χ0v) is 13.6. The number of hydrogen-bond acceptors (Lipinski definition) is 4. The van der Waals surface area contributed by atoms with Crippen LogP contribution in [0.5, 0.6) is 0 Å². The Labute approximate surface area is 134 Å². The van der Waals surface area contributed by atoms with Crippen molar-refractivity contribution in [2.24, 2.45) is 5.92 Å². The van der Waals surface area contributed by atoms with E-state index >= 15 is 0 Å². The number of aromatic nitrogens is 1. The van der Waals surface area contributed by atoms with Gasteiger partial charge in [-0.1, -0.05) is 6.07 Å². The molecule has 1 N–H and O–H groups in total. The summed E-state index contributed by atoms with van der Waals surface area (Å²) in [4.78, 5) is 7.88. The van der Waals surface area contributed by atoms with Crippen molar-refractivity contribution in [2.75, 3.05) is 38.7 Å². The lowest BCUT2D eigenvalue weighted by Crippen LogP contribution is -2.49. The first-order valence-electron chi connectivity index (χ1n) is 7.89. The third kappa shape index (κ3) is 4.57. The Morgan fingerprint density at radius 1 is 1.35 bits per heavy atom. The van der Waals surface area contributed by atoms with Gasteiger partial charge in [0.2, 0.25) is 0 Å². The van der Waals surface area contributed by atoms with E-state index in [4.69, 9.17) is 5.11 Å². The van der Waals surface area contributed by atoms with Crippen molar-refractivity contribution in [3.05, 3.63) is 23.9 Å². The fourth-order valence-electron chi connectivity index (χ4n) is 3.30. The van der Waals surface area contributed by atoms with E-state index in [1.807, 2.05) is 19.0 Å². The molecule has 23 heavy (non-hydrogen) atoms. The molecule has 130 valence electrons. The van der Waals surface area contributed by atoms with E-state index in [0.29, 0.717) is 37.3 Å². The molecule has 1 fully saturated rings. The second-order valence-electron chi connectivity index (χ2n) is 6.27. The molecule has 0 bridgehead atoms. The summed E-state index contributed by atoms with van der Waals surface area (Å²) in [6.45, 7) is 1.49. The highest BCUT2D eigenvalue weighted by molar-refractivity contribution is 5.40. The predicted octanol–water partition coefficient (Wildman–Crippen LogP) is 2.63. The monoisotopic (exact) mass is 331 g/mol. The average molecular weight is 331 g/mol. The lowest BCUT2D eigenvalue weighted by Gasteiger charge is -2.42. The first-order valence-corrected chi connectivity index (χ1v) is 7.89. The van der Waals surface area contributed by atoms with E-state index in [9.17, 15) is 13.2 Å². The molecular formula is C16H24F3N3O. The molecule has 0 radical (unpaired) electrons. The minimum Gasteiger partial charge on any atom is -0.396 e. The van der Waals surface area contributed by atoms with Gasteiger partial charge in [-0.2, -0.15) is 13.2 Å². The Kier molecular flexibility index (Phi) is 5.86. The third-order valence-electron chi connectivity index (χ3n) is 4.44. The summed E-state index contributed by atoms with van der Waals surface area (Å²) < 4.78 is 38.5. The van der Waals surface area contributed by atoms with Crippen LogP contribution in [0, 0.1) is 5.92 Å². The molecule has 0 saturated carbocycles. The van der Waals surface area contributed by atoms with Gasteiger partial charge in [0, 0.05) is 25.7 Å². The van der Waals surface area contributed by atoms with Crippen LogP contribution in [-0.2, 0) is 6.18 Å². The first kappa shape index (κ1) is 18.0. The molecule has 2 atom stereocenters. The highest BCUT2D eigenvalue weighted by Gasteiger charge is 2.34. The van der Waals surface area contributed by atoms with Gasteiger partial charge in [-0.25, -0.2) is 4.98 Å². The Hall–Kier alpha value is -1.34. The van der Waals surface area contributed by atoms with E-state index in [1.165, 1.54) is 6.07 Å². The minimum atomic E-state index is -4.42. The SMILES string of the molecule is CN(C)[C@H]1CCN(c2cccc(C(F)(F)F)n2)C[C@H]1CCCO. The van der Waals surface area contributed by atoms with E-state index in [0.717, 1.165) is 18.9 Å². The number of anilines is 1. The molecular weight excluding hydrogens is 307 g/mol. The molecule has 1 saturated heterocycles. The number of piperidine rings is 1. The van der Waals surface area contributed by atoms with Gasteiger partial charge in [-0.15, -0.1) is 0 Å². The Morgan fingerprint density at radius 2 is 2.09 bits per heavy atom. The number of hydrogen-bond donors (Lipinski definition) is 1. The number of pyridine rings is 1. The molecule has 0 amide bonds. The smallest absolute Gasteiger partial charge is 0.396 e.